The Morgan fingerprint density at radius 3 is 2.41 bits per heavy atom. The molecule has 1 saturated heterocycles. The van der Waals surface area contributed by atoms with Crippen LogP contribution in [0.5, 0.6) is 0 Å². The summed E-state index contributed by atoms with van der Waals surface area (Å²) in [7, 11) is 0. The minimum Gasteiger partial charge on any atom is -0.463 e. The molecule has 0 radical (unpaired) electrons. The maximum absolute atomic E-state index is 11.4. The lowest BCUT2D eigenvalue weighted by Gasteiger charge is -2.61. The standard InChI is InChI=1S/C23H36O4/c1-15(24)27-17-6-9-21(2)16(14-17)4-5-18-19(21)7-10-22(3)20(18)8-11-23(22)25-12-13-26-23/h16-20H,4-14H2,1-3H3/t16-,17+,18-,19+,20+,21+,22+/m1/s1. The number of carbonyl (C=O) groups is 1. The van der Waals surface area contributed by atoms with Gasteiger partial charge in [0.25, 0.3) is 0 Å². The van der Waals surface area contributed by atoms with Crippen LogP contribution in [0.4, 0.5) is 0 Å². The maximum Gasteiger partial charge on any atom is 0.302 e. The van der Waals surface area contributed by atoms with Crippen molar-refractivity contribution in [3.05, 3.63) is 0 Å². The third kappa shape index (κ3) is 2.51. The number of carbonyl (C=O) groups excluding carboxylic acids is 1. The van der Waals surface area contributed by atoms with Crippen molar-refractivity contribution in [2.45, 2.75) is 90.4 Å². The Hall–Kier alpha value is -0.610. The van der Waals surface area contributed by atoms with Crippen molar-refractivity contribution >= 4 is 5.97 Å². The number of hydrogen-bond acceptors (Lipinski definition) is 4. The predicted molar refractivity (Wildman–Crippen MR) is 102 cm³/mol. The van der Waals surface area contributed by atoms with Crippen molar-refractivity contribution in [1.29, 1.82) is 0 Å². The van der Waals surface area contributed by atoms with Crippen LogP contribution in [0.3, 0.4) is 0 Å². The monoisotopic (exact) mass is 376 g/mol. The number of fused-ring (bicyclic) bond motifs is 6. The highest BCUT2D eigenvalue weighted by molar-refractivity contribution is 5.66. The molecular weight excluding hydrogens is 340 g/mol. The maximum atomic E-state index is 11.4. The van der Waals surface area contributed by atoms with Gasteiger partial charge in [0.2, 0.25) is 0 Å². The van der Waals surface area contributed by atoms with Crippen LogP contribution in [0.15, 0.2) is 0 Å². The Kier molecular flexibility index (Phi) is 4.22. The average molecular weight is 377 g/mol. The van der Waals surface area contributed by atoms with E-state index in [4.69, 9.17) is 14.2 Å². The first-order valence-electron chi connectivity index (χ1n) is 11.3. The Morgan fingerprint density at radius 1 is 0.926 bits per heavy atom. The molecule has 0 aromatic heterocycles. The number of esters is 1. The van der Waals surface area contributed by atoms with Gasteiger partial charge in [-0.05, 0) is 80.5 Å². The highest BCUT2D eigenvalue weighted by atomic mass is 16.7. The van der Waals surface area contributed by atoms with Gasteiger partial charge in [-0.25, -0.2) is 0 Å². The molecule has 152 valence electrons. The zero-order valence-electron chi connectivity index (χ0n) is 17.3. The van der Waals surface area contributed by atoms with Crippen molar-refractivity contribution in [3.63, 3.8) is 0 Å². The largest absolute Gasteiger partial charge is 0.463 e. The summed E-state index contributed by atoms with van der Waals surface area (Å²) in [4.78, 5) is 11.4. The second-order valence-electron chi connectivity index (χ2n) is 10.6. The van der Waals surface area contributed by atoms with E-state index in [-0.39, 0.29) is 23.3 Å². The SMILES string of the molecule is CC(=O)O[C@H]1CC[C@@]2(C)[C@H](CC[C@@H]3[C@@H]2CC[C@@]2(C)[C@H]3CCC23OCCO3)C1. The summed E-state index contributed by atoms with van der Waals surface area (Å²) >= 11 is 0. The molecule has 5 fully saturated rings. The van der Waals surface area contributed by atoms with E-state index >= 15 is 0 Å². The Labute approximate surface area is 163 Å². The first-order valence-corrected chi connectivity index (χ1v) is 11.3. The number of rotatable bonds is 1. The molecule has 7 atom stereocenters. The molecule has 0 N–H and O–H groups in total. The van der Waals surface area contributed by atoms with Gasteiger partial charge in [0.1, 0.15) is 6.10 Å². The van der Waals surface area contributed by atoms with Crippen LogP contribution in [-0.4, -0.2) is 31.1 Å². The Morgan fingerprint density at radius 2 is 1.67 bits per heavy atom. The van der Waals surface area contributed by atoms with Crippen LogP contribution in [-0.2, 0) is 19.0 Å². The minimum absolute atomic E-state index is 0.112. The van der Waals surface area contributed by atoms with Crippen LogP contribution in [0, 0.1) is 34.5 Å². The lowest BCUT2D eigenvalue weighted by Crippen LogP contribution is -2.57. The van der Waals surface area contributed by atoms with E-state index in [0.717, 1.165) is 56.1 Å². The lowest BCUT2D eigenvalue weighted by molar-refractivity contribution is -0.248. The summed E-state index contributed by atoms with van der Waals surface area (Å²) in [6, 6.07) is 0. The quantitative estimate of drug-likeness (QED) is 0.622. The van der Waals surface area contributed by atoms with Crippen molar-refractivity contribution in [1.82, 2.24) is 0 Å². The highest BCUT2D eigenvalue weighted by Crippen LogP contribution is 2.69. The molecule has 0 amide bonds. The van der Waals surface area contributed by atoms with Crippen LogP contribution < -0.4 is 0 Å². The summed E-state index contributed by atoms with van der Waals surface area (Å²) in [5.41, 5.74) is 0.622. The van der Waals surface area contributed by atoms with Crippen molar-refractivity contribution < 1.29 is 19.0 Å². The molecule has 0 aromatic rings. The Balaban J connectivity index is 1.37. The summed E-state index contributed by atoms with van der Waals surface area (Å²) < 4.78 is 18.1. The molecule has 0 bridgehead atoms. The molecule has 1 heterocycles. The number of ether oxygens (including phenoxy) is 3. The molecule has 0 aromatic carbocycles. The first-order chi connectivity index (χ1) is 12.9. The third-order valence-corrected chi connectivity index (χ3v) is 9.75. The normalized spacial score (nSPS) is 50.7. The molecule has 1 aliphatic heterocycles. The zero-order valence-corrected chi connectivity index (χ0v) is 17.3. The van der Waals surface area contributed by atoms with Crippen molar-refractivity contribution in [2.75, 3.05) is 13.2 Å². The second-order valence-corrected chi connectivity index (χ2v) is 10.6. The molecule has 1 spiro atoms. The fraction of sp³-hybridized carbons (Fsp3) is 0.957. The summed E-state index contributed by atoms with van der Waals surface area (Å²) in [5.74, 6) is 2.71. The molecule has 4 heteroatoms. The van der Waals surface area contributed by atoms with Gasteiger partial charge in [-0.1, -0.05) is 13.8 Å². The zero-order chi connectivity index (χ0) is 18.9. The fourth-order valence-electron chi connectivity index (χ4n) is 8.45. The highest BCUT2D eigenvalue weighted by Gasteiger charge is 2.67. The van der Waals surface area contributed by atoms with Gasteiger partial charge in [-0.3, -0.25) is 4.79 Å². The van der Waals surface area contributed by atoms with Gasteiger partial charge < -0.3 is 14.2 Å². The van der Waals surface area contributed by atoms with E-state index in [1.165, 1.54) is 38.5 Å². The van der Waals surface area contributed by atoms with E-state index in [1.54, 1.807) is 6.92 Å². The molecule has 5 rings (SSSR count). The molecule has 4 aliphatic carbocycles. The smallest absolute Gasteiger partial charge is 0.302 e. The van der Waals surface area contributed by atoms with Gasteiger partial charge in [0, 0.05) is 18.8 Å². The van der Waals surface area contributed by atoms with E-state index in [9.17, 15) is 4.79 Å². The second kappa shape index (κ2) is 6.19. The van der Waals surface area contributed by atoms with Crippen LogP contribution >= 0.6 is 0 Å². The molecule has 4 nitrogen and oxygen atoms in total. The third-order valence-electron chi connectivity index (χ3n) is 9.75. The van der Waals surface area contributed by atoms with E-state index in [1.807, 2.05) is 0 Å². The van der Waals surface area contributed by atoms with Gasteiger partial charge in [0.05, 0.1) is 13.2 Å². The van der Waals surface area contributed by atoms with Gasteiger partial charge in [0.15, 0.2) is 5.79 Å². The van der Waals surface area contributed by atoms with E-state index < -0.39 is 0 Å². The minimum atomic E-state index is -0.284. The van der Waals surface area contributed by atoms with Crippen LogP contribution in [0.1, 0.15) is 78.6 Å². The molecule has 4 saturated carbocycles. The molecule has 5 aliphatic rings. The van der Waals surface area contributed by atoms with Gasteiger partial charge in [-0.15, -0.1) is 0 Å². The van der Waals surface area contributed by atoms with Gasteiger partial charge >= 0.3 is 5.97 Å². The predicted octanol–water partition coefficient (Wildman–Crippen LogP) is 4.70. The van der Waals surface area contributed by atoms with Crippen LogP contribution in [0.25, 0.3) is 0 Å². The first kappa shape index (κ1) is 18.4. The summed E-state index contributed by atoms with van der Waals surface area (Å²) in [6.07, 6.45) is 11.1. The molecular formula is C23H36O4. The van der Waals surface area contributed by atoms with Crippen molar-refractivity contribution in [3.8, 4) is 0 Å². The fourth-order valence-corrected chi connectivity index (χ4v) is 8.45. The van der Waals surface area contributed by atoms with E-state index in [0.29, 0.717) is 5.41 Å². The average Bonchev–Trinajstić information content (AvgIpc) is 3.21. The number of hydrogen-bond donors (Lipinski definition) is 0. The Bertz CT molecular complexity index is 611. The van der Waals surface area contributed by atoms with Crippen molar-refractivity contribution in [2.24, 2.45) is 34.5 Å². The lowest BCUT2D eigenvalue weighted by atomic mass is 9.45. The van der Waals surface area contributed by atoms with Gasteiger partial charge in [-0.2, -0.15) is 0 Å². The van der Waals surface area contributed by atoms with E-state index in [2.05, 4.69) is 13.8 Å². The topological polar surface area (TPSA) is 44.8 Å². The summed E-state index contributed by atoms with van der Waals surface area (Å²) in [6.45, 7) is 8.13. The van der Waals surface area contributed by atoms with Crippen LogP contribution in [0.2, 0.25) is 0 Å². The molecule has 0 unspecified atom stereocenters. The molecule has 27 heavy (non-hydrogen) atoms. The summed E-state index contributed by atoms with van der Waals surface area (Å²) in [5, 5.41) is 0.